The van der Waals surface area contributed by atoms with Gasteiger partial charge in [0.2, 0.25) is 0 Å². The van der Waals surface area contributed by atoms with Gasteiger partial charge in [0.25, 0.3) is 18.3 Å². The molecular formula is C101H89BF10N24O6. The number of allylic oxidation sites excluding steroid dienone is 2. The Morgan fingerprint density at radius 2 is 1.28 bits per heavy atom. The highest BCUT2D eigenvalue weighted by Gasteiger charge is 2.45. The van der Waals surface area contributed by atoms with E-state index in [1.165, 1.54) is 77.5 Å². The summed E-state index contributed by atoms with van der Waals surface area (Å²) in [5.41, 5.74) is 18.2. The molecule has 3 unspecified atom stereocenters. The average Bonchev–Trinajstić information content (AvgIpc) is 1.32. The molecule has 15 heterocycles. The summed E-state index contributed by atoms with van der Waals surface area (Å²) in [4.78, 5) is 55.5. The molecule has 5 aromatic carbocycles. The van der Waals surface area contributed by atoms with E-state index in [-0.39, 0.29) is 115 Å². The van der Waals surface area contributed by atoms with Gasteiger partial charge in [0, 0.05) is 108 Å². The van der Waals surface area contributed by atoms with Crippen molar-refractivity contribution in [3.8, 4) is 50.8 Å². The second kappa shape index (κ2) is 37.3. The summed E-state index contributed by atoms with van der Waals surface area (Å²) >= 11 is 0. The molecule has 16 aromatic rings. The molecule has 0 saturated heterocycles. The lowest BCUT2D eigenvalue weighted by Gasteiger charge is -2.30. The Bertz CT molecular complexity index is 8530. The third kappa shape index (κ3) is 17.1. The van der Waals surface area contributed by atoms with Gasteiger partial charge < -0.3 is 36.3 Å². The van der Waals surface area contributed by atoms with E-state index in [4.69, 9.17) is 42.0 Å². The van der Waals surface area contributed by atoms with Crippen molar-refractivity contribution in [2.45, 2.75) is 172 Å². The van der Waals surface area contributed by atoms with Gasteiger partial charge in [0.05, 0.1) is 163 Å². The highest BCUT2D eigenvalue weighted by atomic mass is 19.4. The molecule has 0 bridgehead atoms. The Morgan fingerprint density at radius 3 is 1.95 bits per heavy atom. The zero-order valence-corrected chi connectivity index (χ0v) is 75.3. The Hall–Kier alpha value is -15.9. The molecule has 3 atom stereocenters. The second-order valence-electron chi connectivity index (χ2n) is 34.7. The number of dihydropyridines is 1. The predicted octanol–water partition coefficient (Wildman–Crippen LogP) is 19.1. The van der Waals surface area contributed by atoms with Crippen molar-refractivity contribution >= 4 is 121 Å². The minimum Gasteiger partial charge on any atom is -0.428 e. The normalized spacial score (nSPS) is 20.3. The number of aryl methyl sites for hydroxylation is 2. The van der Waals surface area contributed by atoms with Crippen molar-refractivity contribution in [3.63, 3.8) is 0 Å². The summed E-state index contributed by atoms with van der Waals surface area (Å²) in [7, 11) is -0.853. The van der Waals surface area contributed by atoms with E-state index in [2.05, 4.69) is 131 Å². The van der Waals surface area contributed by atoms with E-state index in [9.17, 15) is 58.9 Å². The molecule has 11 aromatic heterocycles. The van der Waals surface area contributed by atoms with E-state index in [1.807, 2.05) is 48.7 Å². The van der Waals surface area contributed by atoms with Crippen LogP contribution < -0.4 is 26.7 Å². The van der Waals surface area contributed by atoms with Gasteiger partial charge in [-0.3, -0.25) is 55.0 Å². The van der Waals surface area contributed by atoms with Gasteiger partial charge >= 0.3 is 25.6 Å². The average molecular weight is 1950 g/mol. The van der Waals surface area contributed by atoms with Crippen molar-refractivity contribution in [1.29, 1.82) is 5.41 Å². The van der Waals surface area contributed by atoms with Crippen molar-refractivity contribution < 1.29 is 89.2 Å². The first-order chi connectivity index (χ1) is 72.8. The third-order valence-electron chi connectivity index (χ3n) is 25.8. The number of alkyl halides is 9. The number of aromatic nitrogens is 18. The Morgan fingerprint density at radius 1 is 0.669 bits per heavy atom. The Balaban J connectivity index is 0.000000116. The molecule has 30 nitrogen and oxygen atoms in total. The van der Waals surface area contributed by atoms with Crippen LogP contribution in [-0.2, 0) is 78.6 Å². The number of carbonyl (C=O) groups excluding carboxylic acids is 3. The van der Waals surface area contributed by atoms with Gasteiger partial charge in [0.15, 0.2) is 5.82 Å². The van der Waals surface area contributed by atoms with Crippen LogP contribution in [0.5, 0.6) is 5.75 Å². The van der Waals surface area contributed by atoms with E-state index in [0.717, 1.165) is 113 Å². The van der Waals surface area contributed by atoms with E-state index < -0.39 is 144 Å². The lowest BCUT2D eigenvalue weighted by atomic mass is 9.76. The van der Waals surface area contributed by atoms with Crippen molar-refractivity contribution in [3.05, 3.63) is 265 Å². The van der Waals surface area contributed by atoms with Gasteiger partial charge in [-0.15, -0.1) is 0 Å². The molecule has 24 rings (SSSR count). The second-order valence-corrected chi connectivity index (χ2v) is 34.7. The fraction of sp³-hybridized carbons (Fsp3) is 0.267. The SMILES string of the molecule is C=Cc1[nH]ncc1C1=CNC(c2cn[nH]c2CN2C(=O)c3ccccc3C2=O)C=C1CCCC.CC1(C)OB(O)c2ccc(-c3nc4c(c5c3CCCC5)C3C=NNC3C=C4)cc21.O=COc1cc(-c2cn[nH]c2C(F)(F)F)nc2ccc3[nH]ncc3c12.[2H]C1([2H])Cc2c(c(-c3cn[nH]c3C(F)(F)F)nc3c(F)cc4[nH]ncc4c23)C([2H])([2H])C1([2H])[2H].[2H]C1([2H])Cc2c(c(-c3cn[nH]c3C(F)(F)F)nc3ccc(N)c(C(C)=N)c23)C([2H])([2H])C1([2H])[2H]. The van der Waals surface area contributed by atoms with Crippen molar-refractivity contribution in [1.82, 2.24) is 107 Å². The van der Waals surface area contributed by atoms with E-state index in [1.54, 1.807) is 53.8 Å². The topological polar surface area (TPSA) is 432 Å². The number of amides is 2. The number of nitrogens with two attached hydrogens (primary N) is 1. The number of aromatic amines is 7. The minimum absolute atomic E-state index is 0.0201. The van der Waals surface area contributed by atoms with Crippen LogP contribution in [0.4, 0.5) is 49.6 Å². The molecule has 2 amide bonds. The molecule has 4 aliphatic carbocycles. The molecule has 142 heavy (non-hydrogen) atoms. The number of nitrogens with one attached hydrogen (secondary N) is 10. The number of H-pyrrole nitrogens is 7. The van der Waals surface area contributed by atoms with Gasteiger partial charge in [-0.05, 0) is 221 Å². The molecule has 41 heteroatoms. The van der Waals surface area contributed by atoms with Crippen LogP contribution in [0.15, 0.2) is 158 Å². The van der Waals surface area contributed by atoms with Gasteiger partial charge in [0.1, 0.15) is 28.3 Å². The standard InChI is InChI=1S/C26H26N6O2.C23H24BN3O2.C19H18F3N5.C18H13F4N5.C15H8F3N5O2/c1-3-5-8-16-11-23(27-12-19(16)20-13-28-30-22(20)4-2)21-14-29-31-24(21)15-32-25(33)17-9-6-7-10-18(17)26(32)34;1-23(2)17-11-13(7-8-18(17)24(28)29-23)22-15-6-4-3-5-14(15)21-16-12-25-27-19(16)9-10-20(21)26-22;1-9(23)15-13(24)6-7-14-16(15)10-4-2-3-5-11(10)17(26-14)12-8-25-27-18(12)19(20,21)22;19-12-5-13-10(6-23-26-13)14-8-3-1-2-4-9(8)15(25-16(12)14)11-7-24-27-17(11)18(20,21)22;16-15(17,18)14-8(5-20-23-14)11-3-12(25-6-24)13-7-4-19-22-9(7)1-2-10(13)21-11/h4,6-7,9-14,23,27H,2-3,5,8,15H2,1H3,(H,28,30)(H,29,31);7-12,16,19,27-28H,3-6H2,1-2H3;6-8,23H,2-5,24H2,1H3,(H,25,27);5-7H,1-4H2,(H,23,26)(H,24,27);1-6H,(H,19,22)(H,20,23)/i;;2D2,3D2,5D2;1D2,2D2,4D2;. The Labute approximate surface area is 818 Å². The summed E-state index contributed by atoms with van der Waals surface area (Å²) in [6.45, 7) is 11.8. The number of ether oxygens (including phenoxy) is 1. The van der Waals surface area contributed by atoms with Crippen LogP contribution in [0.2, 0.25) is 0 Å². The van der Waals surface area contributed by atoms with Crippen LogP contribution in [-0.4, -0.2) is 145 Å². The number of unbranched alkanes of at least 4 members (excludes halogenated alkanes) is 1. The number of hydrogen-bond donors (Lipinski definition) is 12. The first kappa shape index (κ1) is 79.9. The van der Waals surface area contributed by atoms with Gasteiger partial charge in [-0.1, -0.05) is 56.3 Å². The maximum atomic E-state index is 15.0. The molecule has 722 valence electrons. The number of hydrogen-bond acceptors (Lipinski definition) is 22. The number of hydrazone groups is 1. The highest BCUT2D eigenvalue weighted by Crippen LogP contribution is 2.49. The largest absolute Gasteiger partial charge is 0.492 e. The van der Waals surface area contributed by atoms with Crippen molar-refractivity contribution in [2.75, 3.05) is 5.73 Å². The monoisotopic (exact) mass is 1950 g/mol. The molecule has 8 aliphatic rings. The highest BCUT2D eigenvalue weighted by molar-refractivity contribution is 6.62. The number of rotatable bonds is 15. The van der Waals surface area contributed by atoms with Crippen LogP contribution in [0.3, 0.4) is 0 Å². The fourth-order valence-corrected chi connectivity index (χ4v) is 19.3. The summed E-state index contributed by atoms with van der Waals surface area (Å²) in [6.07, 6.45) is -4.84. The predicted molar refractivity (Wildman–Crippen MR) is 514 cm³/mol. The first-order valence-corrected chi connectivity index (χ1v) is 44.7. The van der Waals surface area contributed by atoms with Crippen molar-refractivity contribution in [2.24, 2.45) is 5.10 Å². The Kier molecular flexibility index (Phi) is 21.0. The smallest absolute Gasteiger partial charge is 0.428 e. The number of nitrogens with zero attached hydrogens (tertiary/aromatic N) is 13. The quantitative estimate of drug-likeness (QED) is 0.0113. The molecule has 0 fully saturated rings. The maximum Gasteiger partial charge on any atom is 0.492 e. The summed E-state index contributed by atoms with van der Waals surface area (Å²) < 4.78 is 247. The molecule has 13 N–H and O–H groups in total. The lowest BCUT2D eigenvalue weighted by Crippen LogP contribution is -2.30. The minimum atomic E-state index is -4.95. The number of pyridine rings is 4. The zero-order valence-electron chi connectivity index (χ0n) is 87.3. The summed E-state index contributed by atoms with van der Waals surface area (Å²) in [5, 5.41) is 70.9. The molecular weight excluding hydrogens is 1850 g/mol. The van der Waals surface area contributed by atoms with Crippen LogP contribution >= 0.6 is 0 Å². The number of nitrogen functional groups attached to an aromatic ring is 1. The molecule has 0 spiro atoms. The molecule has 0 saturated carbocycles. The number of benzene rings is 5. The zero-order chi connectivity index (χ0) is 110. The van der Waals surface area contributed by atoms with Crippen LogP contribution in [0, 0.1) is 11.2 Å². The van der Waals surface area contributed by atoms with E-state index >= 15 is 4.39 Å². The number of fused-ring (bicyclic) bond motifs is 18. The van der Waals surface area contributed by atoms with Crippen LogP contribution in [0.1, 0.15) is 230 Å². The number of anilines is 1. The number of imide groups is 1. The van der Waals surface area contributed by atoms with Gasteiger partial charge in [-0.25, -0.2) is 24.3 Å². The van der Waals surface area contributed by atoms with E-state index in [0.29, 0.717) is 32.9 Å². The lowest BCUT2D eigenvalue weighted by molar-refractivity contribution is -0.141. The third-order valence-corrected chi connectivity index (χ3v) is 25.8. The van der Waals surface area contributed by atoms with Crippen LogP contribution in [0.25, 0.3) is 117 Å². The summed E-state index contributed by atoms with van der Waals surface area (Å²) in [6, 6.07) is 21.7. The maximum absolute atomic E-state index is 15.0. The number of carbonyl (C=O) groups is 3. The first-order valence-electron chi connectivity index (χ1n) is 50.7. The molecule has 0 radical (unpaired) electrons. The number of halogens is 10. The fourth-order valence-electron chi connectivity index (χ4n) is 19.3. The van der Waals surface area contributed by atoms with Gasteiger partial charge in [-0.2, -0.15) is 80.3 Å². The summed E-state index contributed by atoms with van der Waals surface area (Å²) in [5.74, 6) is -1.15. The molecule has 4 aliphatic heterocycles.